The molecule has 0 saturated heterocycles. The zero-order valence-corrected chi connectivity index (χ0v) is 11.5. The predicted octanol–water partition coefficient (Wildman–Crippen LogP) is 2.12. The fourth-order valence-electron chi connectivity index (χ4n) is 2.27. The lowest BCUT2D eigenvalue weighted by molar-refractivity contribution is -0.139. The topological polar surface area (TPSA) is 78.4 Å². The lowest BCUT2D eigenvalue weighted by atomic mass is 9.76. The van der Waals surface area contributed by atoms with Crippen molar-refractivity contribution >= 4 is 12.0 Å². The number of nitrogens with one attached hydrogen (secondary N) is 2. The summed E-state index contributed by atoms with van der Waals surface area (Å²) in [6, 6.07) is -0.997. The van der Waals surface area contributed by atoms with Gasteiger partial charge in [-0.05, 0) is 37.5 Å². The fourth-order valence-corrected chi connectivity index (χ4v) is 2.27. The van der Waals surface area contributed by atoms with Gasteiger partial charge in [0.05, 0.1) is 0 Å². The highest BCUT2D eigenvalue weighted by Crippen LogP contribution is 2.34. The van der Waals surface area contributed by atoms with Crippen LogP contribution in [-0.4, -0.2) is 29.2 Å². The van der Waals surface area contributed by atoms with Crippen LogP contribution in [0.25, 0.3) is 0 Å². The van der Waals surface area contributed by atoms with Gasteiger partial charge < -0.3 is 15.7 Å². The molecule has 1 aliphatic rings. The Bertz CT molecular complexity index is 305. The van der Waals surface area contributed by atoms with Crippen molar-refractivity contribution in [1.82, 2.24) is 10.6 Å². The number of rotatable bonds is 4. The number of aliphatic carboxylic acids is 1. The van der Waals surface area contributed by atoms with Gasteiger partial charge >= 0.3 is 12.0 Å². The molecule has 1 rings (SSSR count). The molecule has 1 fully saturated rings. The first kappa shape index (κ1) is 14.8. The molecular formula is C13H24N2O3. The maximum atomic E-state index is 11.7. The fraction of sp³-hybridized carbons (Fsp3) is 0.846. The number of hydrogen-bond donors (Lipinski definition) is 3. The molecule has 1 atom stereocenters. The molecular weight excluding hydrogens is 232 g/mol. The normalized spacial score (nSPS) is 21.1. The summed E-state index contributed by atoms with van der Waals surface area (Å²) in [6.07, 6.45) is 4.50. The SMILES string of the molecule is CC[C@H](NC(=O)NC1CCC(C)(C)CC1)C(=O)O. The number of carbonyl (C=O) groups is 2. The summed E-state index contributed by atoms with van der Waals surface area (Å²) in [4.78, 5) is 22.5. The predicted molar refractivity (Wildman–Crippen MR) is 69.4 cm³/mol. The van der Waals surface area contributed by atoms with Gasteiger partial charge in [-0.2, -0.15) is 0 Å². The Morgan fingerprint density at radius 3 is 2.33 bits per heavy atom. The molecule has 0 heterocycles. The van der Waals surface area contributed by atoms with E-state index in [0.29, 0.717) is 11.8 Å². The summed E-state index contributed by atoms with van der Waals surface area (Å²) >= 11 is 0. The van der Waals surface area contributed by atoms with Crippen molar-refractivity contribution in [2.24, 2.45) is 5.41 Å². The second-order valence-corrected chi connectivity index (χ2v) is 5.86. The summed E-state index contributed by atoms with van der Waals surface area (Å²) in [5.41, 5.74) is 0.363. The minimum atomic E-state index is -0.988. The highest BCUT2D eigenvalue weighted by atomic mass is 16.4. The van der Waals surface area contributed by atoms with E-state index < -0.39 is 12.0 Å². The lowest BCUT2D eigenvalue weighted by Gasteiger charge is -2.34. The maximum absolute atomic E-state index is 11.7. The maximum Gasteiger partial charge on any atom is 0.326 e. The van der Waals surface area contributed by atoms with Crippen LogP contribution < -0.4 is 10.6 Å². The molecule has 0 spiro atoms. The number of carbonyl (C=O) groups excluding carboxylic acids is 1. The largest absolute Gasteiger partial charge is 0.480 e. The van der Waals surface area contributed by atoms with E-state index in [2.05, 4.69) is 24.5 Å². The molecule has 18 heavy (non-hydrogen) atoms. The number of hydrogen-bond acceptors (Lipinski definition) is 2. The molecule has 2 amide bonds. The van der Waals surface area contributed by atoms with Crippen LogP contribution in [0.5, 0.6) is 0 Å². The van der Waals surface area contributed by atoms with Crippen LogP contribution in [0.2, 0.25) is 0 Å². The summed E-state index contributed by atoms with van der Waals surface area (Å²) in [5, 5.41) is 14.2. The van der Waals surface area contributed by atoms with E-state index in [0.717, 1.165) is 25.7 Å². The molecule has 0 aromatic heterocycles. The Hall–Kier alpha value is -1.26. The molecule has 0 radical (unpaired) electrons. The molecule has 3 N–H and O–H groups in total. The standard InChI is InChI=1S/C13H24N2O3/c1-4-10(11(16)17)15-12(18)14-9-5-7-13(2,3)8-6-9/h9-10H,4-8H2,1-3H3,(H,16,17)(H2,14,15,18)/t10-/m0/s1. The van der Waals surface area contributed by atoms with Gasteiger partial charge in [0.1, 0.15) is 6.04 Å². The van der Waals surface area contributed by atoms with Gasteiger partial charge in [0.15, 0.2) is 0 Å². The van der Waals surface area contributed by atoms with Crippen LogP contribution >= 0.6 is 0 Å². The molecule has 104 valence electrons. The van der Waals surface area contributed by atoms with E-state index in [1.165, 1.54) is 0 Å². The van der Waals surface area contributed by atoms with E-state index in [4.69, 9.17) is 5.11 Å². The van der Waals surface area contributed by atoms with Crippen LogP contribution in [0.4, 0.5) is 4.79 Å². The highest BCUT2D eigenvalue weighted by molar-refractivity contribution is 5.82. The second kappa shape index (κ2) is 6.07. The van der Waals surface area contributed by atoms with Crippen LogP contribution in [-0.2, 0) is 4.79 Å². The smallest absolute Gasteiger partial charge is 0.326 e. The van der Waals surface area contributed by atoms with Crippen molar-refractivity contribution in [2.45, 2.75) is 65.0 Å². The minimum absolute atomic E-state index is 0.171. The average molecular weight is 256 g/mol. The van der Waals surface area contributed by atoms with Crippen molar-refractivity contribution in [1.29, 1.82) is 0 Å². The van der Waals surface area contributed by atoms with E-state index in [9.17, 15) is 9.59 Å². The minimum Gasteiger partial charge on any atom is -0.480 e. The summed E-state index contributed by atoms with van der Waals surface area (Å²) < 4.78 is 0. The van der Waals surface area contributed by atoms with E-state index in [1.54, 1.807) is 6.92 Å². The van der Waals surface area contributed by atoms with Crippen molar-refractivity contribution in [3.8, 4) is 0 Å². The van der Waals surface area contributed by atoms with Crippen molar-refractivity contribution in [3.63, 3.8) is 0 Å². The number of amides is 2. The Morgan fingerprint density at radius 2 is 1.89 bits per heavy atom. The second-order valence-electron chi connectivity index (χ2n) is 5.86. The molecule has 0 bridgehead atoms. The number of carboxylic acids is 1. The highest BCUT2D eigenvalue weighted by Gasteiger charge is 2.28. The molecule has 5 heteroatoms. The summed E-state index contributed by atoms with van der Waals surface area (Å²) in [6.45, 7) is 6.21. The molecule has 1 saturated carbocycles. The molecule has 5 nitrogen and oxygen atoms in total. The molecule has 0 unspecified atom stereocenters. The van der Waals surface area contributed by atoms with Crippen molar-refractivity contribution < 1.29 is 14.7 Å². The van der Waals surface area contributed by atoms with Crippen LogP contribution in [0.3, 0.4) is 0 Å². The summed E-state index contributed by atoms with van der Waals surface area (Å²) in [5.74, 6) is -0.988. The Morgan fingerprint density at radius 1 is 1.33 bits per heavy atom. The van der Waals surface area contributed by atoms with Crippen LogP contribution in [0.15, 0.2) is 0 Å². The van der Waals surface area contributed by atoms with Gasteiger partial charge in [-0.3, -0.25) is 0 Å². The lowest BCUT2D eigenvalue weighted by Crippen LogP contribution is -2.49. The average Bonchev–Trinajstić information content (AvgIpc) is 2.28. The Kier molecular flexibility index (Phi) is 4.99. The van der Waals surface area contributed by atoms with Gasteiger partial charge in [0.2, 0.25) is 0 Å². The molecule has 0 aliphatic heterocycles. The molecule has 0 aromatic carbocycles. The third-order valence-corrected chi connectivity index (χ3v) is 3.69. The van der Waals surface area contributed by atoms with Gasteiger partial charge in [0, 0.05) is 6.04 Å². The van der Waals surface area contributed by atoms with Crippen molar-refractivity contribution in [2.75, 3.05) is 0 Å². The number of urea groups is 1. The monoisotopic (exact) mass is 256 g/mol. The zero-order chi connectivity index (χ0) is 13.8. The third-order valence-electron chi connectivity index (χ3n) is 3.69. The van der Waals surface area contributed by atoms with Gasteiger partial charge in [-0.25, -0.2) is 9.59 Å². The number of carboxylic acid groups (broad SMARTS) is 1. The van der Waals surface area contributed by atoms with E-state index in [-0.39, 0.29) is 12.1 Å². The van der Waals surface area contributed by atoms with Crippen molar-refractivity contribution in [3.05, 3.63) is 0 Å². The van der Waals surface area contributed by atoms with Gasteiger partial charge in [0.25, 0.3) is 0 Å². The summed E-state index contributed by atoms with van der Waals surface area (Å²) in [7, 11) is 0. The van der Waals surface area contributed by atoms with Gasteiger partial charge in [-0.1, -0.05) is 20.8 Å². The quantitative estimate of drug-likeness (QED) is 0.721. The van der Waals surface area contributed by atoms with E-state index in [1.807, 2.05) is 0 Å². The van der Waals surface area contributed by atoms with Crippen LogP contribution in [0, 0.1) is 5.41 Å². The first-order valence-electron chi connectivity index (χ1n) is 6.64. The molecule has 1 aliphatic carbocycles. The Balaban J connectivity index is 2.35. The van der Waals surface area contributed by atoms with Crippen LogP contribution in [0.1, 0.15) is 52.9 Å². The van der Waals surface area contributed by atoms with Gasteiger partial charge in [-0.15, -0.1) is 0 Å². The zero-order valence-electron chi connectivity index (χ0n) is 11.5. The third kappa shape index (κ3) is 4.55. The first-order chi connectivity index (χ1) is 8.34. The van der Waals surface area contributed by atoms with E-state index >= 15 is 0 Å². The Labute approximate surface area is 108 Å². The first-order valence-corrected chi connectivity index (χ1v) is 6.64. The molecule has 0 aromatic rings.